The minimum absolute atomic E-state index is 0.167. The Hall–Kier alpha value is -2.33. The lowest BCUT2D eigenvalue weighted by atomic mass is 10.1. The first-order valence-corrected chi connectivity index (χ1v) is 7.93. The Morgan fingerprint density at radius 2 is 1.65 bits per heavy atom. The second kappa shape index (κ2) is 8.34. The molecule has 2 N–H and O–H groups in total. The molecule has 4 nitrogen and oxygen atoms in total. The van der Waals surface area contributed by atoms with Gasteiger partial charge in [-0.2, -0.15) is 0 Å². The zero-order chi connectivity index (χ0) is 16.7. The first-order chi connectivity index (χ1) is 11.1. The number of carbonyl (C=O) groups is 2. The average molecular weight is 331 g/mol. The predicted octanol–water partition coefficient (Wildman–Crippen LogP) is 4.12. The van der Waals surface area contributed by atoms with Crippen molar-refractivity contribution in [3.8, 4) is 0 Å². The van der Waals surface area contributed by atoms with Gasteiger partial charge in [-0.3, -0.25) is 9.59 Å². The van der Waals surface area contributed by atoms with E-state index < -0.39 is 0 Å². The fraction of sp³-hybridized carbons (Fsp3) is 0.222. The summed E-state index contributed by atoms with van der Waals surface area (Å²) in [6.45, 7) is 2.70. The summed E-state index contributed by atoms with van der Waals surface area (Å²) < 4.78 is 0. The number of anilines is 1. The highest BCUT2D eigenvalue weighted by Gasteiger charge is 2.10. The van der Waals surface area contributed by atoms with E-state index in [1.165, 1.54) is 0 Å². The highest BCUT2D eigenvalue weighted by Crippen LogP contribution is 2.15. The van der Waals surface area contributed by atoms with Gasteiger partial charge in [0.2, 0.25) is 0 Å². The van der Waals surface area contributed by atoms with Gasteiger partial charge in [-0.15, -0.1) is 0 Å². The van der Waals surface area contributed by atoms with Gasteiger partial charge in [-0.1, -0.05) is 31.0 Å². The van der Waals surface area contributed by atoms with Gasteiger partial charge in [0.05, 0.1) is 0 Å². The zero-order valence-electron chi connectivity index (χ0n) is 12.9. The third-order valence-corrected chi connectivity index (χ3v) is 3.56. The quantitative estimate of drug-likeness (QED) is 0.783. The fourth-order valence-corrected chi connectivity index (χ4v) is 2.14. The molecule has 0 radical (unpaired) electrons. The van der Waals surface area contributed by atoms with E-state index in [9.17, 15) is 9.59 Å². The van der Waals surface area contributed by atoms with Gasteiger partial charge in [0.1, 0.15) is 0 Å². The van der Waals surface area contributed by atoms with Crippen LogP contribution in [0.4, 0.5) is 5.69 Å². The SMILES string of the molecule is CCCCNC(=O)c1cccc(C(=O)Nc2ccc(Cl)cc2)c1. The van der Waals surface area contributed by atoms with Crippen molar-refractivity contribution in [2.75, 3.05) is 11.9 Å². The summed E-state index contributed by atoms with van der Waals surface area (Å²) in [5, 5.41) is 6.22. The van der Waals surface area contributed by atoms with Crippen molar-refractivity contribution >= 4 is 29.1 Å². The number of amides is 2. The molecule has 0 saturated carbocycles. The molecule has 0 aliphatic heterocycles. The normalized spacial score (nSPS) is 10.2. The van der Waals surface area contributed by atoms with Crippen LogP contribution < -0.4 is 10.6 Å². The Balaban J connectivity index is 2.04. The summed E-state index contributed by atoms with van der Waals surface area (Å²) in [7, 11) is 0. The van der Waals surface area contributed by atoms with Crippen molar-refractivity contribution in [1.82, 2.24) is 5.32 Å². The molecule has 0 aliphatic rings. The molecular formula is C18H19ClN2O2. The number of halogens is 1. The van der Waals surface area contributed by atoms with Crippen LogP contribution in [-0.4, -0.2) is 18.4 Å². The van der Waals surface area contributed by atoms with E-state index in [1.54, 1.807) is 48.5 Å². The molecule has 2 rings (SSSR count). The summed E-state index contributed by atoms with van der Waals surface area (Å²) in [5.41, 5.74) is 1.56. The van der Waals surface area contributed by atoms with Gasteiger partial charge >= 0.3 is 0 Å². The molecule has 2 amide bonds. The zero-order valence-corrected chi connectivity index (χ0v) is 13.7. The summed E-state index contributed by atoms with van der Waals surface area (Å²) in [6.07, 6.45) is 1.95. The Morgan fingerprint density at radius 3 is 2.30 bits per heavy atom. The maximum atomic E-state index is 12.3. The predicted molar refractivity (Wildman–Crippen MR) is 93.1 cm³/mol. The maximum Gasteiger partial charge on any atom is 0.255 e. The second-order valence-electron chi connectivity index (χ2n) is 5.15. The molecule has 0 atom stereocenters. The van der Waals surface area contributed by atoms with Crippen LogP contribution in [0, 0.1) is 0 Å². The van der Waals surface area contributed by atoms with Crippen LogP contribution in [0.15, 0.2) is 48.5 Å². The van der Waals surface area contributed by atoms with Crippen LogP contribution in [-0.2, 0) is 0 Å². The molecule has 5 heteroatoms. The summed E-state index contributed by atoms with van der Waals surface area (Å²) in [4.78, 5) is 24.3. The van der Waals surface area contributed by atoms with Crippen LogP contribution in [0.3, 0.4) is 0 Å². The number of unbranched alkanes of at least 4 members (excludes halogenated alkanes) is 1. The largest absolute Gasteiger partial charge is 0.352 e. The Kier molecular flexibility index (Phi) is 6.18. The first-order valence-electron chi connectivity index (χ1n) is 7.55. The van der Waals surface area contributed by atoms with Crippen molar-refractivity contribution in [2.24, 2.45) is 0 Å². The molecule has 2 aromatic rings. The molecule has 0 aliphatic carbocycles. The summed E-state index contributed by atoms with van der Waals surface area (Å²) >= 11 is 5.82. The molecule has 0 saturated heterocycles. The molecule has 0 aromatic heterocycles. The third kappa shape index (κ3) is 5.11. The molecule has 0 bridgehead atoms. The Morgan fingerprint density at radius 1 is 1.00 bits per heavy atom. The Bertz CT molecular complexity index is 684. The lowest BCUT2D eigenvalue weighted by Gasteiger charge is -2.08. The summed E-state index contributed by atoms with van der Waals surface area (Å²) in [5.74, 6) is -0.435. The van der Waals surface area contributed by atoms with Gasteiger partial charge in [-0.05, 0) is 48.9 Å². The van der Waals surface area contributed by atoms with Gasteiger partial charge < -0.3 is 10.6 Å². The molecule has 120 valence electrons. The van der Waals surface area contributed by atoms with E-state index in [-0.39, 0.29) is 11.8 Å². The number of hydrogen-bond donors (Lipinski definition) is 2. The van der Waals surface area contributed by atoms with Crippen molar-refractivity contribution in [3.63, 3.8) is 0 Å². The first kappa shape index (κ1) is 17.0. The lowest BCUT2D eigenvalue weighted by Crippen LogP contribution is -2.24. The van der Waals surface area contributed by atoms with Crippen molar-refractivity contribution in [2.45, 2.75) is 19.8 Å². The average Bonchev–Trinajstić information content (AvgIpc) is 2.57. The standard InChI is InChI=1S/C18H19ClN2O2/c1-2-3-11-20-17(22)13-5-4-6-14(12-13)18(23)21-16-9-7-15(19)8-10-16/h4-10,12H,2-3,11H2,1H3,(H,20,22)(H,21,23). The minimum Gasteiger partial charge on any atom is -0.352 e. The molecule has 2 aromatic carbocycles. The van der Waals surface area contributed by atoms with Crippen LogP contribution in [0.25, 0.3) is 0 Å². The number of hydrogen-bond acceptors (Lipinski definition) is 2. The monoisotopic (exact) mass is 330 g/mol. The number of rotatable bonds is 6. The number of nitrogens with one attached hydrogen (secondary N) is 2. The van der Waals surface area contributed by atoms with Crippen LogP contribution >= 0.6 is 11.6 Å². The van der Waals surface area contributed by atoms with E-state index in [4.69, 9.17) is 11.6 Å². The van der Waals surface area contributed by atoms with Gasteiger partial charge in [0.25, 0.3) is 11.8 Å². The lowest BCUT2D eigenvalue weighted by molar-refractivity contribution is 0.0953. The van der Waals surface area contributed by atoms with E-state index in [2.05, 4.69) is 17.6 Å². The van der Waals surface area contributed by atoms with Crippen molar-refractivity contribution in [1.29, 1.82) is 0 Å². The number of benzene rings is 2. The molecular weight excluding hydrogens is 312 g/mol. The molecule has 0 heterocycles. The second-order valence-corrected chi connectivity index (χ2v) is 5.59. The Labute approximate surface area is 140 Å². The summed E-state index contributed by atoms with van der Waals surface area (Å²) in [6, 6.07) is 13.5. The van der Waals surface area contributed by atoms with Crippen LogP contribution in [0.5, 0.6) is 0 Å². The topological polar surface area (TPSA) is 58.2 Å². The minimum atomic E-state index is -0.268. The van der Waals surface area contributed by atoms with E-state index in [0.717, 1.165) is 12.8 Å². The molecule has 23 heavy (non-hydrogen) atoms. The van der Waals surface area contributed by atoms with E-state index >= 15 is 0 Å². The smallest absolute Gasteiger partial charge is 0.255 e. The van der Waals surface area contributed by atoms with Gasteiger partial charge in [0, 0.05) is 28.4 Å². The molecule has 0 fully saturated rings. The third-order valence-electron chi connectivity index (χ3n) is 3.30. The van der Waals surface area contributed by atoms with Crippen molar-refractivity contribution in [3.05, 3.63) is 64.7 Å². The molecule has 0 unspecified atom stereocenters. The van der Waals surface area contributed by atoms with Crippen LogP contribution in [0.1, 0.15) is 40.5 Å². The molecule has 0 spiro atoms. The van der Waals surface area contributed by atoms with E-state index in [0.29, 0.717) is 28.4 Å². The van der Waals surface area contributed by atoms with E-state index in [1.807, 2.05) is 0 Å². The number of carbonyl (C=O) groups excluding carboxylic acids is 2. The fourth-order valence-electron chi connectivity index (χ4n) is 2.02. The highest BCUT2D eigenvalue weighted by atomic mass is 35.5. The van der Waals surface area contributed by atoms with Gasteiger partial charge in [-0.25, -0.2) is 0 Å². The highest BCUT2D eigenvalue weighted by molar-refractivity contribution is 6.30. The van der Waals surface area contributed by atoms with Crippen molar-refractivity contribution < 1.29 is 9.59 Å². The van der Waals surface area contributed by atoms with Gasteiger partial charge in [0.15, 0.2) is 0 Å². The maximum absolute atomic E-state index is 12.3. The van der Waals surface area contributed by atoms with Crippen LogP contribution in [0.2, 0.25) is 5.02 Å².